The van der Waals surface area contributed by atoms with E-state index in [2.05, 4.69) is 43.0 Å². The fraction of sp³-hybridized carbons (Fsp3) is 0.476. The number of hydrogen-bond acceptors (Lipinski definition) is 7. The quantitative estimate of drug-likeness (QED) is 0.519. The van der Waals surface area contributed by atoms with Crippen LogP contribution in [0, 0.1) is 5.92 Å². The number of hydrogen-bond donors (Lipinski definition) is 1. The highest BCUT2D eigenvalue weighted by atomic mass is 79.9. The SMILES string of the molecule is CCOC(=O)C1CCN(C(c2ccc(Br)cc2)c2sc3nc(CC)nn3c2O)CC1. The molecule has 160 valence electrons. The highest BCUT2D eigenvalue weighted by Gasteiger charge is 2.34. The molecule has 0 amide bonds. The van der Waals surface area contributed by atoms with Crippen LogP contribution in [-0.4, -0.2) is 50.3 Å². The van der Waals surface area contributed by atoms with Crippen LogP contribution in [0.3, 0.4) is 0 Å². The molecule has 4 rings (SSSR count). The number of fused-ring (bicyclic) bond motifs is 1. The van der Waals surface area contributed by atoms with Crippen LogP contribution in [0.4, 0.5) is 0 Å². The smallest absolute Gasteiger partial charge is 0.309 e. The van der Waals surface area contributed by atoms with Gasteiger partial charge in [0.05, 0.1) is 23.4 Å². The van der Waals surface area contributed by atoms with Gasteiger partial charge in [0.15, 0.2) is 5.82 Å². The van der Waals surface area contributed by atoms with E-state index in [1.54, 1.807) is 0 Å². The van der Waals surface area contributed by atoms with Crippen molar-refractivity contribution in [2.45, 2.75) is 39.2 Å². The van der Waals surface area contributed by atoms with Crippen molar-refractivity contribution in [3.63, 3.8) is 0 Å². The minimum Gasteiger partial charge on any atom is -0.492 e. The molecule has 1 fully saturated rings. The Morgan fingerprint density at radius 3 is 2.60 bits per heavy atom. The van der Waals surface area contributed by atoms with Crippen LogP contribution in [0.2, 0.25) is 0 Å². The van der Waals surface area contributed by atoms with E-state index in [4.69, 9.17) is 4.74 Å². The van der Waals surface area contributed by atoms with E-state index in [0.717, 1.165) is 53.1 Å². The van der Waals surface area contributed by atoms with Crippen molar-refractivity contribution in [2.75, 3.05) is 19.7 Å². The van der Waals surface area contributed by atoms with Gasteiger partial charge in [-0.15, -0.1) is 5.10 Å². The van der Waals surface area contributed by atoms with Crippen LogP contribution in [-0.2, 0) is 16.0 Å². The third-order valence-corrected chi connectivity index (χ3v) is 7.11. The third-order valence-electron chi connectivity index (χ3n) is 5.51. The van der Waals surface area contributed by atoms with Gasteiger partial charge in [0.25, 0.3) is 0 Å². The molecular formula is C21H25BrN4O3S. The molecule has 1 saturated heterocycles. The molecule has 0 spiro atoms. The second-order valence-corrected chi connectivity index (χ2v) is 9.31. The Bertz CT molecular complexity index is 1020. The van der Waals surface area contributed by atoms with E-state index < -0.39 is 0 Å². The second kappa shape index (κ2) is 9.03. The standard InChI is InChI=1S/C21H25BrN4O3S/c1-3-16-23-21-26(24-16)19(27)18(30-21)17(13-5-7-15(22)8-6-13)25-11-9-14(10-12-25)20(28)29-4-2/h5-8,14,17,27H,3-4,9-12H2,1-2H3. The fourth-order valence-corrected chi connectivity index (χ4v) is 5.35. The van der Waals surface area contributed by atoms with Gasteiger partial charge in [0.1, 0.15) is 0 Å². The lowest BCUT2D eigenvalue weighted by Gasteiger charge is -2.36. The Balaban J connectivity index is 1.66. The van der Waals surface area contributed by atoms with Crippen LogP contribution >= 0.6 is 27.3 Å². The summed E-state index contributed by atoms with van der Waals surface area (Å²) < 4.78 is 7.75. The summed E-state index contributed by atoms with van der Waals surface area (Å²) in [5.74, 6) is 0.696. The number of aromatic nitrogens is 3. The average molecular weight is 493 g/mol. The highest BCUT2D eigenvalue weighted by molar-refractivity contribution is 9.10. The maximum atomic E-state index is 12.1. The molecule has 0 saturated carbocycles. The Labute approximate surface area is 187 Å². The number of likely N-dealkylation sites (tertiary alicyclic amines) is 1. The number of carbonyl (C=O) groups excluding carboxylic acids is 1. The summed E-state index contributed by atoms with van der Waals surface area (Å²) in [6.07, 6.45) is 2.21. The number of esters is 1. The number of nitrogens with zero attached hydrogens (tertiary/aromatic N) is 4. The number of aryl methyl sites for hydroxylation is 1. The molecule has 1 atom stereocenters. The molecule has 7 nitrogen and oxygen atoms in total. The number of benzene rings is 1. The first-order valence-corrected chi connectivity index (χ1v) is 11.9. The lowest BCUT2D eigenvalue weighted by atomic mass is 9.94. The number of aromatic hydroxyl groups is 1. The number of halogens is 1. The summed E-state index contributed by atoms with van der Waals surface area (Å²) in [4.78, 5) is 20.5. The van der Waals surface area contributed by atoms with Crippen LogP contribution in [0.5, 0.6) is 5.88 Å². The van der Waals surface area contributed by atoms with Crippen molar-refractivity contribution >= 4 is 38.2 Å². The highest BCUT2D eigenvalue weighted by Crippen LogP contribution is 2.41. The van der Waals surface area contributed by atoms with Gasteiger partial charge < -0.3 is 9.84 Å². The van der Waals surface area contributed by atoms with Gasteiger partial charge in [-0.05, 0) is 50.6 Å². The zero-order valence-corrected chi connectivity index (χ0v) is 19.4. The number of thiazole rings is 1. The predicted molar refractivity (Wildman–Crippen MR) is 119 cm³/mol. The fourth-order valence-electron chi connectivity index (χ4n) is 3.95. The molecule has 0 aliphatic carbocycles. The molecule has 2 aromatic heterocycles. The number of rotatable bonds is 6. The monoisotopic (exact) mass is 492 g/mol. The first kappa shape index (κ1) is 21.3. The van der Waals surface area contributed by atoms with Crippen molar-refractivity contribution in [1.29, 1.82) is 0 Å². The normalized spacial score (nSPS) is 16.8. The summed E-state index contributed by atoms with van der Waals surface area (Å²) in [7, 11) is 0. The van der Waals surface area contributed by atoms with Crippen molar-refractivity contribution in [2.24, 2.45) is 5.92 Å². The Morgan fingerprint density at radius 2 is 2.00 bits per heavy atom. The van der Waals surface area contributed by atoms with Crippen LogP contribution in [0.15, 0.2) is 28.7 Å². The van der Waals surface area contributed by atoms with Gasteiger partial charge in [-0.1, -0.05) is 46.3 Å². The van der Waals surface area contributed by atoms with E-state index in [-0.39, 0.29) is 23.8 Å². The van der Waals surface area contributed by atoms with E-state index in [0.29, 0.717) is 11.6 Å². The lowest BCUT2D eigenvalue weighted by Crippen LogP contribution is -2.39. The zero-order chi connectivity index (χ0) is 21.3. The van der Waals surface area contributed by atoms with Crippen molar-refractivity contribution in [1.82, 2.24) is 19.5 Å². The summed E-state index contributed by atoms with van der Waals surface area (Å²) in [6.45, 7) is 5.74. The number of ether oxygens (including phenoxy) is 1. The maximum absolute atomic E-state index is 12.1. The molecule has 1 unspecified atom stereocenters. The van der Waals surface area contributed by atoms with E-state index in [1.165, 1.54) is 15.9 Å². The van der Waals surface area contributed by atoms with Crippen LogP contribution < -0.4 is 0 Å². The molecule has 1 aliphatic rings. The van der Waals surface area contributed by atoms with Gasteiger partial charge in [0.2, 0.25) is 10.8 Å². The first-order valence-electron chi connectivity index (χ1n) is 10.2. The minimum atomic E-state index is -0.125. The summed E-state index contributed by atoms with van der Waals surface area (Å²) in [5, 5.41) is 15.4. The summed E-state index contributed by atoms with van der Waals surface area (Å²) in [6, 6.07) is 8.03. The van der Waals surface area contributed by atoms with Gasteiger partial charge >= 0.3 is 5.97 Å². The Kier molecular flexibility index (Phi) is 6.40. The largest absolute Gasteiger partial charge is 0.492 e. The third kappa shape index (κ3) is 4.10. The average Bonchev–Trinajstić information content (AvgIpc) is 3.29. The molecule has 0 radical (unpaired) electrons. The molecule has 30 heavy (non-hydrogen) atoms. The summed E-state index contributed by atoms with van der Waals surface area (Å²) >= 11 is 4.97. The van der Waals surface area contributed by atoms with Gasteiger partial charge in [-0.3, -0.25) is 9.69 Å². The Hall–Kier alpha value is -1.97. The lowest BCUT2D eigenvalue weighted by molar-refractivity contribution is -0.149. The van der Waals surface area contributed by atoms with Gasteiger partial charge in [0, 0.05) is 10.9 Å². The minimum absolute atomic E-state index is 0.0604. The predicted octanol–water partition coefficient (Wildman–Crippen LogP) is 4.19. The van der Waals surface area contributed by atoms with Crippen molar-refractivity contribution in [3.05, 3.63) is 45.0 Å². The topological polar surface area (TPSA) is 80.0 Å². The van der Waals surface area contributed by atoms with Crippen molar-refractivity contribution < 1.29 is 14.6 Å². The molecule has 9 heteroatoms. The molecule has 1 aliphatic heterocycles. The van der Waals surface area contributed by atoms with Crippen LogP contribution in [0.25, 0.3) is 4.96 Å². The molecule has 3 aromatic rings. The maximum Gasteiger partial charge on any atom is 0.309 e. The van der Waals surface area contributed by atoms with Crippen LogP contribution in [0.1, 0.15) is 49.0 Å². The Morgan fingerprint density at radius 1 is 1.30 bits per heavy atom. The number of carbonyl (C=O) groups is 1. The number of piperidine rings is 1. The van der Waals surface area contributed by atoms with E-state index in [1.807, 2.05) is 26.0 Å². The molecule has 0 bridgehead atoms. The van der Waals surface area contributed by atoms with Crippen molar-refractivity contribution in [3.8, 4) is 5.88 Å². The van der Waals surface area contributed by atoms with E-state index in [9.17, 15) is 9.90 Å². The molecule has 1 N–H and O–H groups in total. The zero-order valence-electron chi connectivity index (χ0n) is 17.0. The second-order valence-electron chi connectivity index (χ2n) is 7.38. The molecular weight excluding hydrogens is 468 g/mol. The molecule has 3 heterocycles. The van der Waals surface area contributed by atoms with Gasteiger partial charge in [-0.2, -0.15) is 4.52 Å². The van der Waals surface area contributed by atoms with E-state index >= 15 is 0 Å². The molecule has 1 aromatic carbocycles. The first-order chi connectivity index (χ1) is 14.5. The van der Waals surface area contributed by atoms with Gasteiger partial charge in [-0.25, -0.2) is 4.98 Å². The summed E-state index contributed by atoms with van der Waals surface area (Å²) in [5.41, 5.74) is 1.09.